The summed E-state index contributed by atoms with van der Waals surface area (Å²) in [6.45, 7) is 9.06. The summed E-state index contributed by atoms with van der Waals surface area (Å²) in [5, 5.41) is 11.9. The first-order valence-electron chi connectivity index (χ1n) is 12.7. The number of hydrogen-bond donors (Lipinski definition) is 1. The van der Waals surface area contributed by atoms with Crippen molar-refractivity contribution in [3.63, 3.8) is 0 Å². The number of piperazine rings is 1. The summed E-state index contributed by atoms with van der Waals surface area (Å²) in [5.74, 6) is 0.542. The molecule has 186 valence electrons. The molecule has 0 bridgehead atoms. The zero-order valence-corrected chi connectivity index (χ0v) is 20.9. The average molecular weight is 477 g/mol. The number of unbranched alkanes of at least 4 members (excludes halogenated alkanes) is 1. The molecule has 1 heterocycles. The fourth-order valence-corrected chi connectivity index (χ4v) is 4.82. The molecule has 1 aliphatic rings. The lowest BCUT2D eigenvalue weighted by Crippen LogP contribution is -2.49. The third-order valence-electron chi connectivity index (χ3n) is 7.09. The zero-order valence-electron chi connectivity index (χ0n) is 20.9. The first kappa shape index (κ1) is 25.2. The van der Waals surface area contributed by atoms with Gasteiger partial charge < -0.3 is 14.7 Å². The van der Waals surface area contributed by atoms with E-state index >= 15 is 0 Å². The predicted octanol–water partition coefficient (Wildman–Crippen LogP) is 5.82. The maximum Gasteiger partial charge on any atom is 0.123 e. The lowest BCUT2D eigenvalue weighted by atomic mass is 9.78. The summed E-state index contributed by atoms with van der Waals surface area (Å²) < 4.78 is 19.1. The molecule has 0 amide bonds. The van der Waals surface area contributed by atoms with Gasteiger partial charge in [-0.25, -0.2) is 4.39 Å². The van der Waals surface area contributed by atoms with E-state index in [4.69, 9.17) is 4.74 Å². The number of halogens is 1. The fraction of sp³-hybridized carbons (Fsp3) is 0.400. The Balaban J connectivity index is 1.47. The molecular weight excluding hydrogens is 439 g/mol. The van der Waals surface area contributed by atoms with E-state index < -0.39 is 5.60 Å². The highest BCUT2D eigenvalue weighted by molar-refractivity contribution is 5.46. The van der Waals surface area contributed by atoms with Crippen molar-refractivity contribution in [1.82, 2.24) is 4.90 Å². The SMILES string of the molecule is CCCCOc1ccc([C@@](C)(O)[C@H](CN2CCN(c3ccc(F)cc3)CC2)c2ccccc2)cc1. The summed E-state index contributed by atoms with van der Waals surface area (Å²) in [6.07, 6.45) is 2.13. The van der Waals surface area contributed by atoms with Crippen molar-refractivity contribution in [2.45, 2.75) is 38.2 Å². The van der Waals surface area contributed by atoms with Crippen LogP contribution in [0, 0.1) is 5.82 Å². The minimum absolute atomic E-state index is 0.0899. The van der Waals surface area contributed by atoms with E-state index in [-0.39, 0.29) is 11.7 Å². The third kappa shape index (κ3) is 6.41. The van der Waals surface area contributed by atoms with Crippen LogP contribution >= 0.6 is 0 Å². The predicted molar refractivity (Wildman–Crippen MR) is 141 cm³/mol. The molecule has 2 atom stereocenters. The number of anilines is 1. The van der Waals surface area contributed by atoms with Crippen LogP contribution in [0.2, 0.25) is 0 Å². The van der Waals surface area contributed by atoms with E-state index in [1.807, 2.05) is 61.5 Å². The number of ether oxygens (including phenoxy) is 1. The zero-order chi connectivity index (χ0) is 24.7. The van der Waals surface area contributed by atoms with Crippen LogP contribution in [0.3, 0.4) is 0 Å². The van der Waals surface area contributed by atoms with E-state index in [9.17, 15) is 9.50 Å². The number of aliphatic hydroxyl groups is 1. The van der Waals surface area contributed by atoms with Crippen LogP contribution in [0.25, 0.3) is 0 Å². The molecule has 1 aliphatic heterocycles. The average Bonchev–Trinajstić information content (AvgIpc) is 2.89. The highest BCUT2D eigenvalue weighted by Gasteiger charge is 2.36. The second-order valence-corrected chi connectivity index (χ2v) is 9.60. The monoisotopic (exact) mass is 476 g/mol. The van der Waals surface area contributed by atoms with Gasteiger partial charge in [-0.3, -0.25) is 4.90 Å². The molecule has 0 radical (unpaired) electrons. The van der Waals surface area contributed by atoms with E-state index in [1.165, 1.54) is 12.1 Å². The topological polar surface area (TPSA) is 35.9 Å². The first-order valence-corrected chi connectivity index (χ1v) is 12.7. The Labute approximate surface area is 209 Å². The minimum Gasteiger partial charge on any atom is -0.494 e. The highest BCUT2D eigenvalue weighted by Crippen LogP contribution is 2.38. The van der Waals surface area contributed by atoms with Crippen molar-refractivity contribution >= 4 is 5.69 Å². The Morgan fingerprint density at radius 1 is 0.914 bits per heavy atom. The Hall–Kier alpha value is -2.89. The van der Waals surface area contributed by atoms with E-state index in [0.29, 0.717) is 6.61 Å². The second-order valence-electron chi connectivity index (χ2n) is 9.60. The standard InChI is InChI=1S/C30H37FN2O2/c1-3-4-22-35-28-16-10-25(11-17-28)30(2,34)29(24-8-6-5-7-9-24)23-32-18-20-33(21-19-32)27-14-12-26(31)13-15-27/h5-17,29,34H,3-4,18-23H2,1-2H3/t29-,30-/m1/s1. The van der Waals surface area contributed by atoms with Gasteiger partial charge in [-0.05, 0) is 60.9 Å². The van der Waals surface area contributed by atoms with Crippen LogP contribution in [-0.2, 0) is 5.60 Å². The quantitative estimate of drug-likeness (QED) is 0.374. The molecule has 4 nitrogen and oxygen atoms in total. The molecule has 0 spiro atoms. The van der Waals surface area contributed by atoms with Gasteiger partial charge in [-0.15, -0.1) is 0 Å². The third-order valence-corrected chi connectivity index (χ3v) is 7.09. The Kier molecular flexibility index (Phi) is 8.42. The molecule has 0 aliphatic carbocycles. The Morgan fingerprint density at radius 2 is 1.57 bits per heavy atom. The molecule has 4 rings (SSSR count). The summed E-state index contributed by atoms with van der Waals surface area (Å²) in [6, 6.07) is 24.9. The van der Waals surface area contributed by atoms with Gasteiger partial charge in [0.05, 0.1) is 12.2 Å². The lowest BCUT2D eigenvalue weighted by Gasteiger charge is -2.41. The molecule has 0 aromatic heterocycles. The van der Waals surface area contributed by atoms with Gasteiger partial charge >= 0.3 is 0 Å². The molecular formula is C30H37FN2O2. The van der Waals surface area contributed by atoms with Crippen LogP contribution in [0.5, 0.6) is 5.75 Å². The van der Waals surface area contributed by atoms with Crippen molar-refractivity contribution in [3.8, 4) is 5.75 Å². The second kappa shape index (κ2) is 11.7. The maximum atomic E-state index is 13.3. The highest BCUT2D eigenvalue weighted by atomic mass is 19.1. The molecule has 0 saturated carbocycles. The van der Waals surface area contributed by atoms with Gasteiger partial charge in [-0.1, -0.05) is 55.8 Å². The molecule has 0 unspecified atom stereocenters. The van der Waals surface area contributed by atoms with Gasteiger partial charge in [0.2, 0.25) is 0 Å². The van der Waals surface area contributed by atoms with E-state index in [0.717, 1.165) is 68.1 Å². The van der Waals surface area contributed by atoms with Gasteiger partial charge in [0.25, 0.3) is 0 Å². The van der Waals surface area contributed by atoms with Gasteiger partial charge in [0, 0.05) is 44.3 Å². The first-order chi connectivity index (χ1) is 17.0. The van der Waals surface area contributed by atoms with Crippen LogP contribution in [0.15, 0.2) is 78.9 Å². The van der Waals surface area contributed by atoms with Gasteiger partial charge in [0.15, 0.2) is 0 Å². The largest absolute Gasteiger partial charge is 0.494 e. The van der Waals surface area contributed by atoms with Crippen molar-refractivity contribution in [3.05, 3.63) is 95.8 Å². The summed E-state index contributed by atoms with van der Waals surface area (Å²) in [4.78, 5) is 4.72. The molecule has 3 aromatic rings. The number of rotatable bonds is 10. The summed E-state index contributed by atoms with van der Waals surface area (Å²) in [5.41, 5.74) is 2.02. The fourth-order valence-electron chi connectivity index (χ4n) is 4.82. The molecule has 5 heteroatoms. The number of benzene rings is 3. The van der Waals surface area contributed by atoms with Crippen LogP contribution in [-0.4, -0.2) is 49.3 Å². The Morgan fingerprint density at radius 3 is 2.20 bits per heavy atom. The van der Waals surface area contributed by atoms with Crippen LogP contribution in [0.1, 0.15) is 43.7 Å². The molecule has 35 heavy (non-hydrogen) atoms. The lowest BCUT2D eigenvalue weighted by molar-refractivity contribution is 0.0121. The normalized spacial score (nSPS) is 17.1. The van der Waals surface area contributed by atoms with Crippen molar-refractivity contribution in [1.29, 1.82) is 0 Å². The molecule has 1 N–H and O–H groups in total. The number of nitrogens with zero attached hydrogens (tertiary/aromatic N) is 2. The summed E-state index contributed by atoms with van der Waals surface area (Å²) >= 11 is 0. The minimum atomic E-state index is -1.04. The van der Waals surface area contributed by atoms with E-state index in [2.05, 4.69) is 28.9 Å². The Bertz CT molecular complexity index is 1030. The number of hydrogen-bond acceptors (Lipinski definition) is 4. The summed E-state index contributed by atoms with van der Waals surface area (Å²) in [7, 11) is 0. The molecule has 3 aromatic carbocycles. The van der Waals surface area contributed by atoms with Crippen LogP contribution < -0.4 is 9.64 Å². The van der Waals surface area contributed by atoms with Crippen LogP contribution in [0.4, 0.5) is 10.1 Å². The van der Waals surface area contributed by atoms with Crippen molar-refractivity contribution in [2.75, 3.05) is 44.2 Å². The molecule has 1 fully saturated rings. The maximum absolute atomic E-state index is 13.3. The van der Waals surface area contributed by atoms with Gasteiger partial charge in [0.1, 0.15) is 11.6 Å². The van der Waals surface area contributed by atoms with Crippen molar-refractivity contribution in [2.24, 2.45) is 0 Å². The smallest absolute Gasteiger partial charge is 0.123 e. The van der Waals surface area contributed by atoms with Gasteiger partial charge in [-0.2, -0.15) is 0 Å². The van der Waals surface area contributed by atoms with Crippen molar-refractivity contribution < 1.29 is 14.2 Å². The van der Waals surface area contributed by atoms with E-state index in [1.54, 1.807) is 0 Å². The molecule has 1 saturated heterocycles.